The predicted octanol–water partition coefficient (Wildman–Crippen LogP) is 0.546. The highest BCUT2D eigenvalue weighted by Crippen LogP contribution is 2.25. The zero-order valence-corrected chi connectivity index (χ0v) is 13.3. The van der Waals surface area contributed by atoms with Crippen LogP contribution < -0.4 is 10.0 Å². The molecule has 1 heterocycles. The van der Waals surface area contributed by atoms with Gasteiger partial charge in [-0.2, -0.15) is 0 Å². The quantitative estimate of drug-likeness (QED) is 0.844. The largest absolute Gasteiger partial charge is 0.545 e. The number of aromatic nitrogens is 1. The molecule has 21 heavy (non-hydrogen) atoms. The topological polar surface area (TPSA) is 49.5 Å². The molecule has 0 radical (unpaired) electrons. The smallest absolute Gasteiger partial charge is 0.0953 e. The molecule has 0 unspecified atom stereocenters. The third-order valence-corrected chi connectivity index (χ3v) is 4.56. The van der Waals surface area contributed by atoms with Gasteiger partial charge in [-0.25, -0.2) is 0 Å². The van der Waals surface area contributed by atoms with Gasteiger partial charge >= 0.3 is 0 Å². The van der Waals surface area contributed by atoms with Crippen LogP contribution in [-0.4, -0.2) is 30.2 Å². The van der Waals surface area contributed by atoms with Gasteiger partial charge in [-0.3, -0.25) is 0 Å². The molecule has 0 aliphatic heterocycles. The van der Waals surface area contributed by atoms with Gasteiger partial charge in [0.1, 0.15) is 0 Å². The fourth-order valence-corrected chi connectivity index (χ4v) is 2.94. The second-order valence-corrected chi connectivity index (χ2v) is 5.59. The van der Waals surface area contributed by atoms with Crippen molar-refractivity contribution in [2.75, 3.05) is 19.6 Å². The maximum Gasteiger partial charge on any atom is 0.0953 e. The number of likely N-dealkylation sites (N-methyl/N-ethyl adjacent to an activating group) is 1. The van der Waals surface area contributed by atoms with Crippen molar-refractivity contribution in [2.45, 2.75) is 34.2 Å². The molecule has 1 aromatic heterocycles. The Hall–Kier alpha value is -1.81. The second-order valence-electron chi connectivity index (χ2n) is 5.59. The van der Waals surface area contributed by atoms with E-state index in [-0.39, 0.29) is 5.56 Å². The van der Waals surface area contributed by atoms with Crippen LogP contribution in [0.15, 0.2) is 18.2 Å². The summed E-state index contributed by atoms with van der Waals surface area (Å²) in [6.07, 6.45) is 0. The first-order valence-electron chi connectivity index (χ1n) is 7.63. The maximum atomic E-state index is 11.0. The van der Waals surface area contributed by atoms with Gasteiger partial charge in [0.15, 0.2) is 0 Å². The van der Waals surface area contributed by atoms with Crippen LogP contribution in [0, 0.1) is 13.8 Å². The van der Waals surface area contributed by atoms with Gasteiger partial charge in [-0.15, -0.1) is 0 Å². The standard InChI is InChI=1S/C17H24N2O2/c1-5-18(6-2)9-10-19-13(4)12(3)15-11-14(17(20)21)7-8-16(15)19/h7-8,11H,5-6,9-10H2,1-4H3,(H,20,21). The second kappa shape index (κ2) is 6.31. The molecule has 0 aliphatic carbocycles. The summed E-state index contributed by atoms with van der Waals surface area (Å²) in [5, 5.41) is 12.0. The molecule has 2 rings (SSSR count). The molecule has 0 bridgehead atoms. The van der Waals surface area contributed by atoms with E-state index < -0.39 is 5.97 Å². The molecule has 114 valence electrons. The highest BCUT2D eigenvalue weighted by atomic mass is 16.4. The number of hydrogen-bond acceptors (Lipinski definition) is 2. The molecule has 2 aromatic rings. The van der Waals surface area contributed by atoms with Crippen molar-refractivity contribution in [1.82, 2.24) is 4.57 Å². The van der Waals surface area contributed by atoms with Crippen molar-refractivity contribution >= 4 is 16.9 Å². The zero-order valence-electron chi connectivity index (χ0n) is 13.3. The van der Waals surface area contributed by atoms with Gasteiger partial charge in [0.05, 0.1) is 32.1 Å². The maximum absolute atomic E-state index is 11.0. The van der Waals surface area contributed by atoms with Crippen molar-refractivity contribution in [1.29, 1.82) is 0 Å². The number of aromatic carboxylic acids is 1. The van der Waals surface area contributed by atoms with Crippen LogP contribution in [0.5, 0.6) is 0 Å². The van der Waals surface area contributed by atoms with E-state index in [1.54, 1.807) is 17.0 Å². The molecule has 0 aliphatic rings. The van der Waals surface area contributed by atoms with Crippen molar-refractivity contribution in [3.63, 3.8) is 0 Å². The van der Waals surface area contributed by atoms with Crippen LogP contribution in [0.1, 0.15) is 35.5 Å². The predicted molar refractivity (Wildman–Crippen MR) is 82.7 cm³/mol. The van der Waals surface area contributed by atoms with E-state index in [9.17, 15) is 9.90 Å². The van der Waals surface area contributed by atoms with E-state index in [2.05, 4.69) is 32.3 Å². The zero-order chi connectivity index (χ0) is 15.6. The first-order chi connectivity index (χ1) is 9.99. The Balaban J connectivity index is 2.40. The minimum Gasteiger partial charge on any atom is -0.545 e. The van der Waals surface area contributed by atoms with Crippen LogP contribution in [0.2, 0.25) is 0 Å². The fraction of sp³-hybridized carbons (Fsp3) is 0.471. The molecule has 0 saturated carbocycles. The lowest BCUT2D eigenvalue weighted by Gasteiger charge is -2.17. The molecule has 1 aromatic carbocycles. The van der Waals surface area contributed by atoms with Crippen molar-refractivity contribution in [3.05, 3.63) is 35.0 Å². The Labute approximate surface area is 126 Å². The fourth-order valence-electron chi connectivity index (χ4n) is 2.94. The third kappa shape index (κ3) is 2.95. The number of benzene rings is 1. The summed E-state index contributed by atoms with van der Waals surface area (Å²) in [5.41, 5.74) is 3.73. The van der Waals surface area contributed by atoms with Gasteiger partial charge in [0.2, 0.25) is 0 Å². The van der Waals surface area contributed by atoms with Gasteiger partial charge < -0.3 is 19.4 Å². The number of nitrogens with zero attached hydrogens (tertiary/aromatic N) is 1. The van der Waals surface area contributed by atoms with E-state index in [0.717, 1.165) is 42.6 Å². The molecule has 0 fully saturated rings. The molecule has 4 nitrogen and oxygen atoms in total. The number of aryl methyl sites for hydroxylation is 1. The number of quaternary nitrogens is 1. The molecular formula is C17H24N2O2. The minimum absolute atomic E-state index is 0.247. The number of fused-ring (bicyclic) bond motifs is 1. The van der Waals surface area contributed by atoms with Crippen LogP contribution in [0.25, 0.3) is 10.9 Å². The monoisotopic (exact) mass is 288 g/mol. The van der Waals surface area contributed by atoms with Gasteiger partial charge in [0, 0.05) is 16.6 Å². The average Bonchev–Trinajstić information content (AvgIpc) is 2.72. The third-order valence-electron chi connectivity index (χ3n) is 4.56. The summed E-state index contributed by atoms with van der Waals surface area (Å²) >= 11 is 0. The number of hydrogen-bond donors (Lipinski definition) is 1. The molecule has 0 saturated heterocycles. The highest BCUT2D eigenvalue weighted by molar-refractivity contribution is 5.94. The van der Waals surface area contributed by atoms with Gasteiger partial charge in [-0.05, 0) is 51.0 Å². The van der Waals surface area contributed by atoms with Gasteiger partial charge in [0.25, 0.3) is 0 Å². The van der Waals surface area contributed by atoms with Gasteiger partial charge in [-0.1, -0.05) is 6.07 Å². The Kier molecular flexibility index (Phi) is 4.68. The van der Waals surface area contributed by atoms with E-state index in [0.29, 0.717) is 0 Å². The Morgan fingerprint density at radius 3 is 2.48 bits per heavy atom. The number of carbonyl (C=O) groups is 1. The summed E-state index contributed by atoms with van der Waals surface area (Å²) < 4.78 is 2.30. The van der Waals surface area contributed by atoms with E-state index in [1.165, 1.54) is 5.69 Å². The van der Waals surface area contributed by atoms with E-state index in [1.807, 2.05) is 6.07 Å². The van der Waals surface area contributed by atoms with E-state index >= 15 is 0 Å². The summed E-state index contributed by atoms with van der Waals surface area (Å²) in [5.74, 6) is -1.12. The molecule has 0 atom stereocenters. The first kappa shape index (κ1) is 15.6. The van der Waals surface area contributed by atoms with E-state index in [4.69, 9.17) is 0 Å². The van der Waals surface area contributed by atoms with Crippen LogP contribution in [0.4, 0.5) is 0 Å². The van der Waals surface area contributed by atoms with Crippen molar-refractivity contribution < 1.29 is 14.8 Å². The normalized spacial score (nSPS) is 11.5. The minimum atomic E-state index is -1.12. The number of carboxylic acids is 1. The summed E-state index contributed by atoms with van der Waals surface area (Å²) in [7, 11) is 0. The lowest BCUT2D eigenvalue weighted by atomic mass is 10.1. The lowest BCUT2D eigenvalue weighted by molar-refractivity contribution is -0.897. The highest BCUT2D eigenvalue weighted by Gasteiger charge is 2.13. The van der Waals surface area contributed by atoms with Crippen LogP contribution in [-0.2, 0) is 6.54 Å². The van der Waals surface area contributed by atoms with Crippen LogP contribution in [0.3, 0.4) is 0 Å². The van der Waals surface area contributed by atoms with Crippen molar-refractivity contribution in [2.24, 2.45) is 0 Å². The summed E-state index contributed by atoms with van der Waals surface area (Å²) in [6, 6.07) is 5.27. The Morgan fingerprint density at radius 2 is 1.90 bits per heavy atom. The van der Waals surface area contributed by atoms with Crippen LogP contribution >= 0.6 is 0 Å². The molecule has 4 heteroatoms. The SMILES string of the molecule is CC[NH+](CC)CCn1c(C)c(C)c2cc(C(=O)[O-])ccc21. The molecular weight excluding hydrogens is 264 g/mol. The number of rotatable bonds is 6. The lowest BCUT2D eigenvalue weighted by Crippen LogP contribution is -3.11. The molecule has 0 amide bonds. The van der Waals surface area contributed by atoms with Crippen molar-refractivity contribution in [3.8, 4) is 0 Å². The Morgan fingerprint density at radius 1 is 1.24 bits per heavy atom. The summed E-state index contributed by atoms with van der Waals surface area (Å²) in [6.45, 7) is 12.9. The molecule has 1 N–H and O–H groups in total. The first-order valence-corrected chi connectivity index (χ1v) is 7.63. The number of carbonyl (C=O) groups excluding carboxylic acids is 1. The average molecular weight is 288 g/mol. The molecule has 0 spiro atoms. The Bertz CT molecular complexity index is 654. The summed E-state index contributed by atoms with van der Waals surface area (Å²) in [4.78, 5) is 12.6. The number of nitrogens with one attached hydrogen (secondary N) is 1. The number of carboxylic acid groups (broad SMARTS) is 1.